The van der Waals surface area contributed by atoms with Crippen LogP contribution in [0.15, 0.2) is 417 Å². The summed E-state index contributed by atoms with van der Waals surface area (Å²) in [6, 6.07) is 155. The van der Waals surface area contributed by atoms with Crippen molar-refractivity contribution >= 4 is 115 Å². The number of unbranched alkanes of at least 4 members (excludes halogenated alkanes) is 12. The maximum atomic E-state index is 6.56. The van der Waals surface area contributed by atoms with Gasteiger partial charge in [0.25, 0.3) is 0 Å². The first kappa shape index (κ1) is 98.7. The van der Waals surface area contributed by atoms with Crippen LogP contribution in [0.1, 0.15) is 180 Å². The predicted octanol–water partition coefficient (Wildman–Crippen LogP) is 42.1. The van der Waals surface area contributed by atoms with Crippen molar-refractivity contribution < 1.29 is 9.31 Å². The van der Waals surface area contributed by atoms with Crippen LogP contribution in [-0.2, 0) is 35.0 Å². The molecule has 0 bridgehead atoms. The topological polar surface area (TPSA) is 18.5 Å². The average Bonchev–Trinajstić information content (AvgIpc) is 1.54. The molecule has 150 heavy (non-hydrogen) atoms. The van der Waals surface area contributed by atoms with E-state index < -0.39 is 18.3 Å². The Morgan fingerprint density at radius 3 is 0.767 bits per heavy atom. The Labute approximate surface area is 896 Å². The van der Waals surface area contributed by atoms with Crippen molar-refractivity contribution in [2.24, 2.45) is 0 Å². The van der Waals surface area contributed by atoms with E-state index in [1.54, 1.807) is 0 Å². The van der Waals surface area contributed by atoms with Crippen LogP contribution in [-0.4, -0.2) is 18.3 Å². The van der Waals surface area contributed by atoms with Gasteiger partial charge >= 0.3 is 7.12 Å². The van der Waals surface area contributed by atoms with Gasteiger partial charge in [0.05, 0.1) is 11.2 Å². The van der Waals surface area contributed by atoms with Crippen LogP contribution >= 0.6 is 15.9 Å². The molecule has 1 fully saturated rings. The van der Waals surface area contributed by atoms with Crippen LogP contribution in [0, 0.1) is 0 Å². The van der Waals surface area contributed by atoms with E-state index in [1.807, 2.05) is 0 Å². The largest absolute Gasteiger partial charge is 0.494 e. The zero-order valence-corrected chi connectivity index (χ0v) is 89.8. The predicted molar refractivity (Wildman–Crippen MR) is 652 cm³/mol. The molecule has 0 unspecified atom stereocenters. The number of hydrogen-bond acceptors (Lipinski definition) is 2. The Hall–Kier alpha value is -14.6. The Balaban J connectivity index is 0.000000133. The number of benzene rings is 22. The minimum Gasteiger partial charge on any atom is -0.399 e. The van der Waals surface area contributed by atoms with Crippen molar-refractivity contribution in [2.75, 3.05) is 0 Å². The van der Waals surface area contributed by atoms with Gasteiger partial charge in [0, 0.05) is 4.47 Å². The van der Waals surface area contributed by atoms with E-state index >= 15 is 0 Å². The summed E-state index contributed by atoms with van der Waals surface area (Å²) in [4.78, 5) is 0. The SMILES string of the molecule is Brc1ccc2c3c(cccc13)-c1c-2c(-c2ccccc2)c2ccccc2c1-c1ccccc1.CCCCCCc1ccc(-c2c3ccccc3c(-c3ccc(CCCCCC)cc3)c3cc(-c4ccc5c6c(cccc46)-c4c-5c(-c5ccccc5)c5ccccc5c4-c4ccccc4)ccc23)cc1.CCCCCCc1ccc(-c2c3ccccc3c(-c3ccc(CCCCCC)cc3)c3cc(B4OC(C)(C)C(C)(C)O4)ccc23)cc1. The molecule has 4 heteroatoms. The maximum Gasteiger partial charge on any atom is 0.494 e. The third-order valence-electron chi connectivity index (χ3n) is 32.9. The highest BCUT2D eigenvalue weighted by atomic mass is 79.9. The van der Waals surface area contributed by atoms with E-state index in [2.05, 4.69) is 484 Å². The molecule has 0 radical (unpaired) electrons. The second-order valence-corrected chi connectivity index (χ2v) is 43.9. The van der Waals surface area contributed by atoms with Crippen LogP contribution < -0.4 is 5.46 Å². The van der Waals surface area contributed by atoms with Gasteiger partial charge in [-0.3, -0.25) is 0 Å². The summed E-state index contributed by atoms with van der Waals surface area (Å²) in [7, 11) is -0.412. The summed E-state index contributed by atoms with van der Waals surface area (Å²) < 4.78 is 14.3. The van der Waals surface area contributed by atoms with Gasteiger partial charge in [-0.1, -0.05) is 521 Å². The van der Waals surface area contributed by atoms with E-state index in [0.717, 1.165) is 35.6 Å². The number of aryl methyl sites for hydroxylation is 4. The zero-order chi connectivity index (χ0) is 102. The highest BCUT2D eigenvalue weighted by molar-refractivity contribution is 9.10. The number of rotatable bonds is 30. The van der Waals surface area contributed by atoms with Gasteiger partial charge in [0.2, 0.25) is 0 Å². The monoisotopic (exact) mass is 2010 g/mol. The van der Waals surface area contributed by atoms with Crippen molar-refractivity contribution in [1.29, 1.82) is 0 Å². The molecule has 22 aromatic carbocycles. The second-order valence-electron chi connectivity index (χ2n) is 43.0. The quantitative estimate of drug-likeness (QED) is 0.0254. The molecular weight excluding hydrogens is 1880 g/mol. The molecule has 1 heterocycles. The molecule has 0 atom stereocenters. The van der Waals surface area contributed by atoms with Crippen molar-refractivity contribution in [2.45, 2.75) is 195 Å². The van der Waals surface area contributed by atoms with Gasteiger partial charge in [-0.25, -0.2) is 0 Å². The van der Waals surface area contributed by atoms with Crippen molar-refractivity contribution in [3.05, 3.63) is 439 Å². The van der Waals surface area contributed by atoms with E-state index in [4.69, 9.17) is 9.31 Å². The molecule has 1 saturated heterocycles. The lowest BCUT2D eigenvalue weighted by atomic mass is 9.76. The van der Waals surface area contributed by atoms with Gasteiger partial charge in [-0.15, -0.1) is 0 Å². The molecular formula is C146H132BBrO2. The number of halogens is 1. The van der Waals surface area contributed by atoms with Crippen molar-refractivity contribution in [3.63, 3.8) is 0 Å². The third kappa shape index (κ3) is 18.8. The lowest BCUT2D eigenvalue weighted by Gasteiger charge is -2.32. The molecule has 1 aliphatic heterocycles. The maximum absolute atomic E-state index is 6.56. The highest BCUT2D eigenvalue weighted by Gasteiger charge is 2.52. The minimum absolute atomic E-state index is 0.394. The molecule has 2 nitrogen and oxygen atoms in total. The lowest BCUT2D eigenvalue weighted by molar-refractivity contribution is 0.00578. The van der Waals surface area contributed by atoms with E-state index in [9.17, 15) is 0 Å². The summed E-state index contributed by atoms with van der Waals surface area (Å²) in [6.45, 7) is 17.6. The Morgan fingerprint density at radius 2 is 0.433 bits per heavy atom. The Kier molecular flexibility index (Phi) is 28.6. The molecule has 0 amide bonds. The molecule has 738 valence electrons. The molecule has 25 rings (SSSR count). The summed E-state index contributed by atoms with van der Waals surface area (Å²) in [6.07, 6.45) is 25.1. The second kappa shape index (κ2) is 43.5. The van der Waals surface area contributed by atoms with Gasteiger partial charge in [0.1, 0.15) is 0 Å². The van der Waals surface area contributed by atoms with Crippen LogP contribution in [0.4, 0.5) is 0 Å². The van der Waals surface area contributed by atoms with Crippen molar-refractivity contribution in [3.8, 4) is 145 Å². The molecule has 0 aromatic heterocycles. The highest BCUT2D eigenvalue weighted by Crippen LogP contribution is 2.62. The zero-order valence-electron chi connectivity index (χ0n) is 88.2. The van der Waals surface area contributed by atoms with Crippen LogP contribution in [0.3, 0.4) is 0 Å². The average molecular weight is 2010 g/mol. The fourth-order valence-electron chi connectivity index (χ4n) is 24.7. The first-order chi connectivity index (χ1) is 73.7. The number of fused-ring (bicyclic) bond motifs is 12. The van der Waals surface area contributed by atoms with Gasteiger partial charge in [-0.2, -0.15) is 0 Å². The fraction of sp³-hybridized carbons (Fsp3) is 0.205. The summed E-state index contributed by atoms with van der Waals surface area (Å²) in [5, 5.41) is 20.7. The molecule has 0 spiro atoms. The Bertz CT molecular complexity index is 8540. The van der Waals surface area contributed by atoms with Crippen LogP contribution in [0.2, 0.25) is 0 Å². The van der Waals surface area contributed by atoms with Gasteiger partial charge < -0.3 is 9.31 Å². The first-order valence-corrected chi connectivity index (χ1v) is 56.4. The van der Waals surface area contributed by atoms with Crippen LogP contribution in [0.25, 0.3) is 231 Å². The number of hydrogen-bond donors (Lipinski definition) is 0. The van der Waals surface area contributed by atoms with Gasteiger partial charge in [0.15, 0.2) is 0 Å². The van der Waals surface area contributed by atoms with Gasteiger partial charge in [-0.05, 0) is 350 Å². The molecule has 22 aromatic rings. The standard InChI is InChI=1S/C70H60.C44H53BO2.C32H19Br/c1-3-5-7-11-22-47-34-38-51(39-35-47)64-56-28-17-18-29-57(56)65(52-40-36-48(37-41-52)23-12-8-6-4-2)63-46-53(42-43-60(63)64)54-44-45-62-68-55(54)32-21-33-61(68)69-66(49-24-13-9-14-25-49)58-30-19-20-31-59(58)67(70(62)69)50-26-15-10-16-27-50;1-7-9-11-13-17-32-21-25-34(26-22-32)41-37-19-15-16-20-38(37)42(35-27-23-33(24-28-35)18-14-12-10-8-2)40-31-36(29-30-39(40)41)45-46-43(3,4)44(5,6)47-45;33-27-19-18-26-30-24(27)16-9-17-25(30)31-28(20-10-3-1-4-11-20)22-14-7-8-15-23(22)29(32(26)31)21-12-5-2-6-13-21/h9-10,13-21,24-46H,3-8,11-12,22-23H2,1-2H3;15-16,19-31H,7-14,17-18H2,1-6H3;1-19H. The Morgan fingerprint density at radius 1 is 0.187 bits per heavy atom. The van der Waals surface area contributed by atoms with E-state index in [-0.39, 0.29) is 0 Å². The van der Waals surface area contributed by atoms with E-state index in [0.29, 0.717) is 0 Å². The molecule has 0 N–H and O–H groups in total. The summed E-state index contributed by atoms with van der Waals surface area (Å²) in [5.41, 5.74) is 39.6. The minimum atomic E-state index is -0.412. The summed E-state index contributed by atoms with van der Waals surface area (Å²) in [5.74, 6) is 0. The van der Waals surface area contributed by atoms with Crippen LogP contribution in [0.5, 0.6) is 0 Å². The summed E-state index contributed by atoms with van der Waals surface area (Å²) >= 11 is 3.81. The normalized spacial score (nSPS) is 13.0. The third-order valence-corrected chi connectivity index (χ3v) is 33.6. The smallest absolute Gasteiger partial charge is 0.399 e. The lowest BCUT2D eigenvalue weighted by Crippen LogP contribution is -2.41. The molecule has 2 aliphatic carbocycles. The molecule has 3 aliphatic rings. The molecule has 0 saturated carbocycles. The van der Waals surface area contributed by atoms with Crippen molar-refractivity contribution in [1.82, 2.24) is 0 Å². The fourth-order valence-corrected chi connectivity index (χ4v) is 25.2. The van der Waals surface area contributed by atoms with E-state index in [1.165, 1.54) is 356 Å². The first-order valence-electron chi connectivity index (χ1n) is 55.6.